The van der Waals surface area contributed by atoms with Crippen molar-refractivity contribution in [1.82, 2.24) is 4.90 Å². The van der Waals surface area contributed by atoms with Gasteiger partial charge in [0.15, 0.2) is 0 Å². The molecule has 0 aromatic rings. The molecule has 0 radical (unpaired) electrons. The molecule has 0 aromatic heterocycles. The maximum atomic E-state index is 5.26. The first kappa shape index (κ1) is 4.77. The third-order valence-electron chi connectivity index (χ3n) is 2.32. The van der Waals surface area contributed by atoms with Gasteiger partial charge in [0.1, 0.15) is 0 Å². The van der Waals surface area contributed by atoms with E-state index in [2.05, 4.69) is 11.9 Å². The topological polar surface area (TPSA) is 12.5 Å². The molecular weight excluding hydrogens is 102 g/mol. The molecule has 2 atom stereocenters. The largest absolute Gasteiger partial charge is 0.378 e. The maximum absolute atomic E-state index is 5.26. The van der Waals surface area contributed by atoms with Gasteiger partial charge in [-0.15, -0.1) is 0 Å². The Bertz CT molecular complexity index is 90.7. The first-order chi connectivity index (χ1) is 3.88. The van der Waals surface area contributed by atoms with Gasteiger partial charge < -0.3 is 4.74 Å². The first-order valence-electron chi connectivity index (χ1n) is 3.17. The van der Waals surface area contributed by atoms with Gasteiger partial charge >= 0.3 is 0 Å². The van der Waals surface area contributed by atoms with Crippen LogP contribution < -0.4 is 0 Å². The Kier molecular flexibility index (Phi) is 0.866. The van der Waals surface area contributed by atoms with Crippen molar-refractivity contribution in [3.8, 4) is 0 Å². The van der Waals surface area contributed by atoms with Gasteiger partial charge in [0.25, 0.3) is 0 Å². The normalized spacial score (nSPS) is 46.1. The van der Waals surface area contributed by atoms with Gasteiger partial charge in [-0.2, -0.15) is 0 Å². The van der Waals surface area contributed by atoms with E-state index < -0.39 is 0 Å². The molecule has 8 heavy (non-hydrogen) atoms. The van der Waals surface area contributed by atoms with E-state index in [0.717, 1.165) is 25.3 Å². The Balaban J connectivity index is 2.03. The van der Waals surface area contributed by atoms with Crippen molar-refractivity contribution in [2.75, 3.05) is 20.3 Å². The lowest BCUT2D eigenvalue weighted by Crippen LogP contribution is -2.61. The fourth-order valence-corrected chi connectivity index (χ4v) is 1.52. The summed E-state index contributed by atoms with van der Waals surface area (Å²) >= 11 is 0. The fraction of sp³-hybridized carbons (Fsp3) is 1.00. The van der Waals surface area contributed by atoms with Crippen molar-refractivity contribution in [2.45, 2.75) is 18.5 Å². The zero-order chi connectivity index (χ0) is 5.56. The molecular formula is C6H11NO. The van der Waals surface area contributed by atoms with Crippen molar-refractivity contribution in [3.63, 3.8) is 0 Å². The number of ether oxygens (including phenoxy) is 1. The number of hydrogen-bond acceptors (Lipinski definition) is 2. The van der Waals surface area contributed by atoms with Crippen molar-refractivity contribution in [2.24, 2.45) is 0 Å². The minimum absolute atomic E-state index is 0.758. The molecule has 3 heterocycles. The van der Waals surface area contributed by atoms with E-state index in [1.807, 2.05) is 0 Å². The number of fused-ring (bicyclic) bond motifs is 2. The van der Waals surface area contributed by atoms with Gasteiger partial charge in [0.05, 0.1) is 13.2 Å². The Hall–Kier alpha value is -0.0800. The van der Waals surface area contributed by atoms with Crippen LogP contribution in [0, 0.1) is 0 Å². The molecule has 2 bridgehead atoms. The second-order valence-corrected chi connectivity index (χ2v) is 2.75. The summed E-state index contributed by atoms with van der Waals surface area (Å²) in [6.07, 6.45) is 1.37. The summed E-state index contributed by atoms with van der Waals surface area (Å²) in [5.41, 5.74) is 0. The third kappa shape index (κ3) is 0.446. The lowest BCUT2D eigenvalue weighted by atomic mass is 9.93. The molecule has 0 amide bonds. The summed E-state index contributed by atoms with van der Waals surface area (Å²) < 4.78 is 5.26. The van der Waals surface area contributed by atoms with Crippen LogP contribution in [-0.2, 0) is 4.74 Å². The monoisotopic (exact) mass is 113 g/mol. The number of hydrogen-bond donors (Lipinski definition) is 0. The molecule has 2 unspecified atom stereocenters. The predicted molar refractivity (Wildman–Crippen MR) is 30.8 cm³/mol. The molecule has 0 saturated carbocycles. The van der Waals surface area contributed by atoms with Gasteiger partial charge in [-0.25, -0.2) is 0 Å². The third-order valence-corrected chi connectivity index (χ3v) is 2.32. The minimum Gasteiger partial charge on any atom is -0.378 e. The molecule has 3 rings (SSSR count). The minimum atomic E-state index is 0.758. The van der Waals surface area contributed by atoms with E-state index in [1.54, 1.807) is 0 Å². The molecule has 2 heteroatoms. The van der Waals surface area contributed by atoms with E-state index in [-0.39, 0.29) is 0 Å². The van der Waals surface area contributed by atoms with Crippen LogP contribution in [0.2, 0.25) is 0 Å². The SMILES string of the molecule is CN1C2COCC1C2. The van der Waals surface area contributed by atoms with Crippen LogP contribution >= 0.6 is 0 Å². The highest BCUT2D eigenvalue weighted by atomic mass is 16.5. The Labute approximate surface area is 49.4 Å². The molecule has 46 valence electrons. The molecule has 0 N–H and O–H groups in total. The van der Waals surface area contributed by atoms with E-state index in [1.165, 1.54) is 6.42 Å². The zero-order valence-corrected chi connectivity index (χ0v) is 5.13. The van der Waals surface area contributed by atoms with Crippen LogP contribution in [-0.4, -0.2) is 37.2 Å². The summed E-state index contributed by atoms with van der Waals surface area (Å²) in [4.78, 5) is 2.41. The van der Waals surface area contributed by atoms with E-state index in [0.29, 0.717) is 0 Å². The lowest BCUT2D eigenvalue weighted by molar-refractivity contribution is -0.113. The van der Waals surface area contributed by atoms with Crippen LogP contribution in [0.1, 0.15) is 6.42 Å². The first-order valence-corrected chi connectivity index (χ1v) is 3.17. The molecule has 0 spiro atoms. The number of likely N-dealkylation sites (N-methyl/N-ethyl adjacent to an activating group) is 1. The zero-order valence-electron chi connectivity index (χ0n) is 5.13. The van der Waals surface area contributed by atoms with Gasteiger partial charge in [-0.05, 0) is 13.5 Å². The maximum Gasteiger partial charge on any atom is 0.0623 e. The number of rotatable bonds is 0. The van der Waals surface area contributed by atoms with Gasteiger partial charge in [-0.3, -0.25) is 4.90 Å². The molecule has 0 aliphatic carbocycles. The summed E-state index contributed by atoms with van der Waals surface area (Å²) in [7, 11) is 2.18. The second-order valence-electron chi connectivity index (χ2n) is 2.75. The Morgan fingerprint density at radius 3 is 2.25 bits per heavy atom. The molecule has 3 aliphatic heterocycles. The lowest BCUT2D eigenvalue weighted by Gasteiger charge is -2.50. The van der Waals surface area contributed by atoms with Crippen LogP contribution in [0.15, 0.2) is 0 Å². The van der Waals surface area contributed by atoms with Crippen molar-refractivity contribution in [1.29, 1.82) is 0 Å². The quantitative estimate of drug-likeness (QED) is 0.441. The van der Waals surface area contributed by atoms with Crippen molar-refractivity contribution < 1.29 is 4.74 Å². The van der Waals surface area contributed by atoms with Crippen LogP contribution in [0.3, 0.4) is 0 Å². The Morgan fingerprint density at radius 2 is 2.00 bits per heavy atom. The molecule has 3 fully saturated rings. The highest BCUT2D eigenvalue weighted by molar-refractivity contribution is 4.93. The molecule has 2 nitrogen and oxygen atoms in total. The van der Waals surface area contributed by atoms with Crippen molar-refractivity contribution >= 4 is 0 Å². The molecule has 3 aliphatic rings. The van der Waals surface area contributed by atoms with Crippen LogP contribution in [0.4, 0.5) is 0 Å². The fourth-order valence-electron chi connectivity index (χ4n) is 1.52. The van der Waals surface area contributed by atoms with Gasteiger partial charge in [-0.1, -0.05) is 0 Å². The highest BCUT2D eigenvalue weighted by Gasteiger charge is 2.39. The number of morpholine rings is 1. The van der Waals surface area contributed by atoms with Gasteiger partial charge in [0.2, 0.25) is 0 Å². The van der Waals surface area contributed by atoms with Crippen LogP contribution in [0.5, 0.6) is 0 Å². The molecule has 3 saturated heterocycles. The standard InChI is InChI=1S/C6H11NO/c1-7-5-2-6(7)4-8-3-5/h5-6H,2-4H2,1H3. The predicted octanol–water partition coefficient (Wildman–Crippen LogP) is 0.0893. The van der Waals surface area contributed by atoms with Gasteiger partial charge in [0, 0.05) is 12.1 Å². The smallest absolute Gasteiger partial charge is 0.0623 e. The highest BCUT2D eigenvalue weighted by Crippen LogP contribution is 2.27. The van der Waals surface area contributed by atoms with E-state index in [4.69, 9.17) is 4.74 Å². The Morgan fingerprint density at radius 1 is 1.38 bits per heavy atom. The number of nitrogens with zero attached hydrogens (tertiary/aromatic N) is 1. The van der Waals surface area contributed by atoms with E-state index >= 15 is 0 Å². The van der Waals surface area contributed by atoms with E-state index in [9.17, 15) is 0 Å². The summed E-state index contributed by atoms with van der Waals surface area (Å²) in [6, 6.07) is 1.52. The molecule has 0 aromatic carbocycles. The average Bonchev–Trinajstić information content (AvgIpc) is 1.89. The summed E-state index contributed by atoms with van der Waals surface area (Å²) in [5.74, 6) is 0. The second kappa shape index (κ2) is 1.45. The summed E-state index contributed by atoms with van der Waals surface area (Å²) in [5, 5.41) is 0. The summed E-state index contributed by atoms with van der Waals surface area (Å²) in [6.45, 7) is 1.93. The van der Waals surface area contributed by atoms with Crippen LogP contribution in [0.25, 0.3) is 0 Å². The van der Waals surface area contributed by atoms with Crippen molar-refractivity contribution in [3.05, 3.63) is 0 Å². The average molecular weight is 113 g/mol.